The van der Waals surface area contributed by atoms with Crippen LogP contribution in [0.2, 0.25) is 0 Å². The van der Waals surface area contributed by atoms with Gasteiger partial charge >= 0.3 is 0 Å². The van der Waals surface area contributed by atoms with E-state index >= 15 is 0 Å². The van der Waals surface area contributed by atoms with E-state index in [1.165, 1.54) is 11.1 Å². The number of rotatable bonds is 7. The standard InChI is InChI=1S/C18H30N2O/c1-4-15-7-9-16(10-8-15)13-17(19-5-2)18-14-20(6-3)11-12-21-18/h7-10,17-19H,4-6,11-14H2,1-3H3. The lowest BCUT2D eigenvalue weighted by atomic mass is 9.98. The van der Waals surface area contributed by atoms with Crippen LogP contribution in [-0.4, -0.2) is 49.8 Å². The van der Waals surface area contributed by atoms with Crippen LogP contribution in [0.4, 0.5) is 0 Å². The Bertz CT molecular complexity index is 404. The van der Waals surface area contributed by atoms with E-state index < -0.39 is 0 Å². The van der Waals surface area contributed by atoms with Gasteiger partial charge in [-0.15, -0.1) is 0 Å². The fourth-order valence-electron chi connectivity index (χ4n) is 3.02. The normalized spacial score (nSPS) is 21.4. The van der Waals surface area contributed by atoms with Crippen LogP contribution in [0.1, 0.15) is 31.9 Å². The summed E-state index contributed by atoms with van der Waals surface area (Å²) in [5.74, 6) is 0. The van der Waals surface area contributed by atoms with Crippen LogP contribution < -0.4 is 5.32 Å². The van der Waals surface area contributed by atoms with Crippen molar-refractivity contribution >= 4 is 0 Å². The molecule has 0 saturated carbocycles. The Labute approximate surface area is 129 Å². The summed E-state index contributed by atoms with van der Waals surface area (Å²) < 4.78 is 6.04. The van der Waals surface area contributed by atoms with E-state index in [2.05, 4.69) is 55.3 Å². The molecule has 0 amide bonds. The van der Waals surface area contributed by atoms with E-state index in [1.54, 1.807) is 0 Å². The molecule has 0 aromatic heterocycles. The molecule has 0 bridgehead atoms. The lowest BCUT2D eigenvalue weighted by molar-refractivity contribution is -0.0445. The molecule has 1 aromatic rings. The van der Waals surface area contributed by atoms with Gasteiger partial charge in [0.2, 0.25) is 0 Å². The molecule has 1 saturated heterocycles. The first-order valence-electron chi connectivity index (χ1n) is 8.41. The van der Waals surface area contributed by atoms with Crippen LogP contribution in [0, 0.1) is 0 Å². The third-order valence-corrected chi connectivity index (χ3v) is 4.43. The predicted molar refractivity (Wildman–Crippen MR) is 88.8 cm³/mol. The molecule has 2 rings (SSSR count). The second kappa shape index (κ2) is 8.52. The fourth-order valence-corrected chi connectivity index (χ4v) is 3.02. The largest absolute Gasteiger partial charge is 0.374 e. The highest BCUT2D eigenvalue weighted by Crippen LogP contribution is 2.14. The maximum Gasteiger partial charge on any atom is 0.0858 e. The number of ether oxygens (including phenoxy) is 1. The summed E-state index contributed by atoms with van der Waals surface area (Å²) in [6, 6.07) is 9.43. The Hall–Kier alpha value is -0.900. The number of morpholine rings is 1. The topological polar surface area (TPSA) is 24.5 Å². The molecule has 1 aromatic carbocycles. The second-order valence-electron chi connectivity index (χ2n) is 5.84. The fraction of sp³-hybridized carbons (Fsp3) is 0.667. The minimum Gasteiger partial charge on any atom is -0.374 e. The number of aryl methyl sites for hydroxylation is 1. The van der Waals surface area contributed by atoms with E-state index in [-0.39, 0.29) is 0 Å². The zero-order valence-electron chi connectivity index (χ0n) is 13.8. The van der Waals surface area contributed by atoms with Crippen molar-refractivity contribution in [3.8, 4) is 0 Å². The molecular weight excluding hydrogens is 260 g/mol. The van der Waals surface area contributed by atoms with E-state index in [1.807, 2.05) is 0 Å². The summed E-state index contributed by atoms with van der Waals surface area (Å²) in [5.41, 5.74) is 2.81. The SMILES string of the molecule is CCNC(Cc1ccc(CC)cc1)C1CN(CC)CCO1. The van der Waals surface area contributed by atoms with Gasteiger partial charge in [0, 0.05) is 19.1 Å². The number of nitrogens with one attached hydrogen (secondary N) is 1. The zero-order chi connectivity index (χ0) is 15.1. The van der Waals surface area contributed by atoms with Crippen molar-refractivity contribution in [2.24, 2.45) is 0 Å². The maximum absolute atomic E-state index is 6.04. The predicted octanol–water partition coefficient (Wildman–Crippen LogP) is 2.49. The van der Waals surface area contributed by atoms with Gasteiger partial charge in [0.25, 0.3) is 0 Å². The Morgan fingerprint density at radius 2 is 1.90 bits per heavy atom. The Morgan fingerprint density at radius 1 is 1.19 bits per heavy atom. The summed E-state index contributed by atoms with van der Waals surface area (Å²) in [6.07, 6.45) is 2.44. The van der Waals surface area contributed by atoms with Crippen molar-refractivity contribution in [3.63, 3.8) is 0 Å². The van der Waals surface area contributed by atoms with Gasteiger partial charge < -0.3 is 10.1 Å². The van der Waals surface area contributed by atoms with Gasteiger partial charge in [0.15, 0.2) is 0 Å². The van der Waals surface area contributed by atoms with Gasteiger partial charge in [-0.2, -0.15) is 0 Å². The summed E-state index contributed by atoms with van der Waals surface area (Å²) in [7, 11) is 0. The molecule has 21 heavy (non-hydrogen) atoms. The molecule has 2 unspecified atom stereocenters. The first-order valence-corrected chi connectivity index (χ1v) is 8.41. The van der Waals surface area contributed by atoms with Crippen LogP contribution in [0.3, 0.4) is 0 Å². The van der Waals surface area contributed by atoms with Gasteiger partial charge in [0.05, 0.1) is 12.7 Å². The number of nitrogens with zero attached hydrogens (tertiary/aromatic N) is 1. The zero-order valence-corrected chi connectivity index (χ0v) is 13.8. The maximum atomic E-state index is 6.04. The van der Waals surface area contributed by atoms with Gasteiger partial charge in [-0.25, -0.2) is 0 Å². The second-order valence-corrected chi connectivity index (χ2v) is 5.84. The quantitative estimate of drug-likeness (QED) is 0.835. The smallest absolute Gasteiger partial charge is 0.0858 e. The van der Waals surface area contributed by atoms with Crippen molar-refractivity contribution in [1.29, 1.82) is 0 Å². The Balaban J connectivity index is 2.00. The molecule has 1 heterocycles. The van der Waals surface area contributed by atoms with E-state index in [0.29, 0.717) is 12.1 Å². The van der Waals surface area contributed by atoms with Crippen molar-refractivity contribution in [3.05, 3.63) is 35.4 Å². The lowest BCUT2D eigenvalue weighted by Crippen LogP contribution is -2.53. The van der Waals surface area contributed by atoms with Gasteiger partial charge in [-0.05, 0) is 37.1 Å². The molecular formula is C18H30N2O. The van der Waals surface area contributed by atoms with Crippen LogP contribution in [0.5, 0.6) is 0 Å². The third kappa shape index (κ3) is 4.80. The molecule has 0 spiro atoms. The van der Waals surface area contributed by atoms with Crippen LogP contribution >= 0.6 is 0 Å². The van der Waals surface area contributed by atoms with Crippen LogP contribution in [-0.2, 0) is 17.6 Å². The third-order valence-electron chi connectivity index (χ3n) is 4.43. The summed E-state index contributed by atoms with van der Waals surface area (Å²) in [5, 5.41) is 3.62. The Morgan fingerprint density at radius 3 is 2.52 bits per heavy atom. The van der Waals surface area contributed by atoms with E-state index in [4.69, 9.17) is 4.74 Å². The number of hydrogen-bond donors (Lipinski definition) is 1. The number of hydrogen-bond acceptors (Lipinski definition) is 3. The molecule has 1 aliphatic heterocycles. The lowest BCUT2D eigenvalue weighted by Gasteiger charge is -2.37. The van der Waals surface area contributed by atoms with Crippen molar-refractivity contribution < 1.29 is 4.74 Å². The summed E-state index contributed by atoms with van der Waals surface area (Å²) >= 11 is 0. The molecule has 3 nitrogen and oxygen atoms in total. The Kier molecular flexibility index (Phi) is 6.68. The minimum atomic E-state index is 0.296. The van der Waals surface area contributed by atoms with Crippen molar-refractivity contribution in [2.75, 3.05) is 32.8 Å². The molecule has 1 fully saturated rings. The summed E-state index contributed by atoms with van der Waals surface area (Å²) in [4.78, 5) is 2.48. The summed E-state index contributed by atoms with van der Waals surface area (Å²) in [6.45, 7) is 11.7. The molecule has 1 aliphatic rings. The molecule has 118 valence electrons. The molecule has 2 atom stereocenters. The van der Waals surface area contributed by atoms with Gasteiger partial charge in [-0.3, -0.25) is 4.90 Å². The van der Waals surface area contributed by atoms with E-state index in [9.17, 15) is 0 Å². The van der Waals surface area contributed by atoms with Crippen molar-refractivity contribution in [2.45, 2.75) is 45.8 Å². The van der Waals surface area contributed by atoms with Crippen LogP contribution in [0.15, 0.2) is 24.3 Å². The number of likely N-dealkylation sites (N-methyl/N-ethyl adjacent to an activating group) is 2. The molecule has 1 N–H and O–H groups in total. The average molecular weight is 290 g/mol. The molecule has 3 heteroatoms. The molecule has 0 aliphatic carbocycles. The monoisotopic (exact) mass is 290 g/mol. The van der Waals surface area contributed by atoms with Gasteiger partial charge in [-0.1, -0.05) is 45.0 Å². The minimum absolute atomic E-state index is 0.296. The van der Waals surface area contributed by atoms with E-state index in [0.717, 1.165) is 45.6 Å². The van der Waals surface area contributed by atoms with Crippen molar-refractivity contribution in [1.82, 2.24) is 10.2 Å². The average Bonchev–Trinajstić information content (AvgIpc) is 2.55. The first-order chi connectivity index (χ1) is 10.3. The highest BCUT2D eigenvalue weighted by Gasteiger charge is 2.27. The first kappa shape index (κ1) is 16.5. The van der Waals surface area contributed by atoms with Gasteiger partial charge in [0.1, 0.15) is 0 Å². The molecule has 0 radical (unpaired) electrons. The highest BCUT2D eigenvalue weighted by atomic mass is 16.5. The highest BCUT2D eigenvalue weighted by molar-refractivity contribution is 5.23. The number of benzene rings is 1. The van der Waals surface area contributed by atoms with Crippen LogP contribution in [0.25, 0.3) is 0 Å².